The van der Waals surface area contributed by atoms with Crippen molar-refractivity contribution >= 4 is 48.2 Å². The van der Waals surface area contributed by atoms with E-state index in [0.29, 0.717) is 11.5 Å². The van der Waals surface area contributed by atoms with E-state index in [-0.39, 0.29) is 36.2 Å². The van der Waals surface area contributed by atoms with Crippen molar-refractivity contribution in [3.05, 3.63) is 106 Å². The molecule has 1 aliphatic carbocycles. The van der Waals surface area contributed by atoms with Crippen molar-refractivity contribution in [3.8, 4) is 5.75 Å². The lowest BCUT2D eigenvalue weighted by Gasteiger charge is -2.47. The van der Waals surface area contributed by atoms with Crippen LogP contribution in [0, 0.1) is 18.8 Å². The Bertz CT molecular complexity index is 2080. The van der Waals surface area contributed by atoms with Crippen LogP contribution in [0.3, 0.4) is 0 Å². The molecule has 0 saturated carbocycles. The Hall–Kier alpha value is -4.96. The number of nitrogens with zero attached hydrogens (tertiary/aromatic N) is 3. The molecule has 284 valence electrons. The molecule has 9 nitrogen and oxygen atoms in total. The van der Waals surface area contributed by atoms with Gasteiger partial charge >= 0.3 is 11.9 Å². The number of fused-ring (bicyclic) bond motifs is 3. The highest BCUT2D eigenvalue weighted by Gasteiger charge is 2.50. The van der Waals surface area contributed by atoms with E-state index in [4.69, 9.17) is 9.47 Å². The van der Waals surface area contributed by atoms with E-state index < -0.39 is 25.9 Å². The number of hydrogen-bond donors (Lipinski definition) is 0. The van der Waals surface area contributed by atoms with Crippen molar-refractivity contribution in [3.63, 3.8) is 0 Å². The van der Waals surface area contributed by atoms with Gasteiger partial charge in [0.15, 0.2) is 5.54 Å². The molecule has 3 aromatic carbocycles. The van der Waals surface area contributed by atoms with Crippen LogP contribution >= 0.6 is 0 Å². The largest absolute Gasteiger partial charge is 0.872 e. The van der Waals surface area contributed by atoms with Crippen LogP contribution in [0.2, 0.25) is 13.1 Å². The molecule has 3 atom stereocenters. The van der Waals surface area contributed by atoms with E-state index >= 15 is 0 Å². The summed E-state index contributed by atoms with van der Waals surface area (Å²) in [7, 11) is 2.26. The molecule has 0 aromatic heterocycles. The molecule has 0 radical (unpaired) electrons. The molecular formula is C44H53N3O6Si. The van der Waals surface area contributed by atoms with Crippen molar-refractivity contribution in [2.45, 2.75) is 65.6 Å². The highest BCUT2D eigenvalue weighted by atomic mass is 28.3. The number of esters is 2. The smallest absolute Gasteiger partial charge is 0.325 e. The van der Waals surface area contributed by atoms with Crippen molar-refractivity contribution in [1.82, 2.24) is 4.90 Å². The van der Waals surface area contributed by atoms with Gasteiger partial charge in [0.2, 0.25) is 5.71 Å². The van der Waals surface area contributed by atoms with Gasteiger partial charge in [-0.25, -0.2) is 4.58 Å². The third kappa shape index (κ3) is 6.92. The van der Waals surface area contributed by atoms with Crippen LogP contribution in [-0.2, 0) is 19.1 Å². The SMILES string of the molecule is CC[N+]1=C2C=C3C(C=C2C(C)CC1(C)C)C(c1ccc(C(=O)N(CC(=O)OC)CC(=O)OC)cc1C)c1ccc(N(C)c2ccc([O-])cc2)cc1[Si]3(C)C. The Morgan fingerprint density at radius 2 is 1.54 bits per heavy atom. The minimum absolute atomic E-state index is 0.0115. The van der Waals surface area contributed by atoms with Gasteiger partial charge in [0.05, 0.1) is 14.2 Å². The molecular weight excluding hydrogens is 695 g/mol. The van der Waals surface area contributed by atoms with Crippen LogP contribution in [-0.4, -0.2) is 87.5 Å². The number of benzene rings is 3. The van der Waals surface area contributed by atoms with E-state index in [1.807, 2.05) is 38.2 Å². The Labute approximate surface area is 320 Å². The average Bonchev–Trinajstić information content (AvgIpc) is 3.14. The van der Waals surface area contributed by atoms with E-state index in [0.717, 1.165) is 40.4 Å². The summed E-state index contributed by atoms with van der Waals surface area (Å²) in [6.07, 6.45) is 6.17. The quantitative estimate of drug-likeness (QED) is 0.150. The second-order valence-corrected chi connectivity index (χ2v) is 20.5. The van der Waals surface area contributed by atoms with Gasteiger partial charge in [-0.2, -0.15) is 0 Å². The Balaban J connectivity index is 1.52. The second-order valence-electron chi connectivity index (χ2n) is 16.1. The molecule has 0 saturated heterocycles. The number of rotatable bonds is 9. The fourth-order valence-electron chi connectivity index (χ4n) is 9.19. The van der Waals surface area contributed by atoms with Gasteiger partial charge in [0.25, 0.3) is 5.91 Å². The van der Waals surface area contributed by atoms with Gasteiger partial charge in [0.1, 0.15) is 27.7 Å². The Morgan fingerprint density at radius 1 is 0.926 bits per heavy atom. The number of ether oxygens (including phenoxy) is 2. The van der Waals surface area contributed by atoms with Gasteiger partial charge in [0, 0.05) is 53.9 Å². The summed E-state index contributed by atoms with van der Waals surface area (Å²) in [5.74, 6) is -1.20. The van der Waals surface area contributed by atoms with Crippen molar-refractivity contribution in [1.29, 1.82) is 0 Å². The molecule has 0 N–H and O–H groups in total. The van der Waals surface area contributed by atoms with Crippen LogP contribution in [0.5, 0.6) is 5.75 Å². The number of amides is 1. The molecule has 0 fully saturated rings. The number of methoxy groups -OCH3 is 2. The number of hydrogen-bond acceptors (Lipinski definition) is 7. The van der Waals surface area contributed by atoms with E-state index in [1.165, 1.54) is 41.5 Å². The molecule has 3 aliphatic rings. The van der Waals surface area contributed by atoms with E-state index in [1.54, 1.807) is 12.1 Å². The van der Waals surface area contributed by atoms with Crippen molar-refractivity contribution in [2.75, 3.05) is 45.8 Å². The molecule has 6 rings (SSSR count). The molecule has 3 unspecified atom stereocenters. The van der Waals surface area contributed by atoms with Crippen LogP contribution < -0.4 is 15.2 Å². The topological polar surface area (TPSA) is 102 Å². The van der Waals surface area contributed by atoms with Crippen LogP contribution in [0.15, 0.2) is 83.6 Å². The zero-order chi connectivity index (χ0) is 39.3. The number of anilines is 2. The molecule has 2 aliphatic heterocycles. The summed E-state index contributed by atoms with van der Waals surface area (Å²) in [6, 6.07) is 19.5. The first-order valence-electron chi connectivity index (χ1n) is 18.8. The summed E-state index contributed by atoms with van der Waals surface area (Å²) in [5.41, 5.74) is 8.54. The summed E-state index contributed by atoms with van der Waals surface area (Å²) in [5, 5.41) is 14.8. The molecule has 1 amide bonds. The molecule has 0 bridgehead atoms. The fourth-order valence-corrected chi connectivity index (χ4v) is 12.5. The maximum absolute atomic E-state index is 13.8. The monoisotopic (exact) mass is 747 g/mol. The first-order valence-corrected chi connectivity index (χ1v) is 21.8. The lowest BCUT2D eigenvalue weighted by Crippen LogP contribution is -2.55. The molecule has 0 spiro atoms. The standard InChI is InChI=1S/C44H53N3O6Si/c1-11-47-37-23-39-36(22-35(37)28(3)24-44(47,4)5)42(33-18-12-29(20-27(33)2)43(51)46(25-40(49)52-7)26-41(50)53-8)34-19-15-31(21-38(34)54(39,9)10)45(6)30-13-16-32(48)17-14-30/h12-23,28,36,42H,11,24-26H2,1-10H3. The minimum atomic E-state index is -2.28. The lowest BCUT2D eigenvalue weighted by atomic mass is 9.71. The van der Waals surface area contributed by atoms with Crippen LogP contribution in [0.1, 0.15) is 67.1 Å². The second kappa shape index (κ2) is 14.7. The Kier molecular flexibility index (Phi) is 10.5. The minimum Gasteiger partial charge on any atom is -0.872 e. The van der Waals surface area contributed by atoms with Gasteiger partial charge < -0.3 is 24.4 Å². The average molecular weight is 748 g/mol. The number of carbonyl (C=O) groups is 3. The Morgan fingerprint density at radius 3 is 2.13 bits per heavy atom. The van der Waals surface area contributed by atoms with Gasteiger partial charge in [-0.05, 0) is 91.9 Å². The van der Waals surface area contributed by atoms with E-state index in [9.17, 15) is 19.5 Å². The molecule has 54 heavy (non-hydrogen) atoms. The predicted octanol–water partition coefficient (Wildman–Crippen LogP) is 6.00. The van der Waals surface area contributed by atoms with E-state index in [2.05, 4.69) is 86.7 Å². The third-order valence-electron chi connectivity index (χ3n) is 12.0. The molecule has 10 heteroatoms. The fraction of sp³-hybridized carbons (Fsp3) is 0.409. The van der Waals surface area contributed by atoms with Crippen molar-refractivity contribution < 1.29 is 33.5 Å². The van der Waals surface area contributed by atoms with Crippen LogP contribution in [0.25, 0.3) is 0 Å². The zero-order valence-corrected chi connectivity index (χ0v) is 34.3. The first-order chi connectivity index (χ1) is 25.5. The summed E-state index contributed by atoms with van der Waals surface area (Å²) >= 11 is 0. The van der Waals surface area contributed by atoms with Gasteiger partial charge in [-0.15, -0.1) is 5.75 Å². The maximum atomic E-state index is 13.8. The van der Waals surface area contributed by atoms with Gasteiger partial charge in [-0.3, -0.25) is 14.4 Å². The summed E-state index contributed by atoms with van der Waals surface area (Å²) in [4.78, 5) is 41.5. The number of allylic oxidation sites excluding steroid dienone is 4. The third-order valence-corrected chi connectivity index (χ3v) is 15.7. The van der Waals surface area contributed by atoms with Gasteiger partial charge in [-0.1, -0.05) is 55.6 Å². The summed E-state index contributed by atoms with van der Waals surface area (Å²) in [6.45, 7) is 16.5. The van der Waals surface area contributed by atoms with Crippen LogP contribution in [0.4, 0.5) is 11.4 Å². The maximum Gasteiger partial charge on any atom is 0.325 e. The predicted molar refractivity (Wildman–Crippen MR) is 214 cm³/mol. The number of carbonyl (C=O) groups excluding carboxylic acids is 3. The lowest BCUT2D eigenvalue weighted by molar-refractivity contribution is -0.602. The highest BCUT2D eigenvalue weighted by molar-refractivity contribution is 6.96. The normalized spacial score (nSPS) is 20.7. The molecule has 2 heterocycles. The molecule has 3 aromatic rings. The number of aryl methyl sites for hydroxylation is 1. The van der Waals surface area contributed by atoms with Crippen molar-refractivity contribution in [2.24, 2.45) is 11.8 Å². The summed E-state index contributed by atoms with van der Waals surface area (Å²) < 4.78 is 12.2. The first kappa shape index (κ1) is 38.8. The highest BCUT2D eigenvalue weighted by Crippen LogP contribution is 2.50. The zero-order valence-electron chi connectivity index (χ0n) is 33.3.